The standard InChI is InChI=1S/C24H24O2/c1-18-12-14-21(15-13-18)23(24(25)26)17-16-22(19-8-4-2-5-9-19)20-10-6-3-7-11-20/h2-15,22-23H,16-17H2,1H3,(H,25,26). The Morgan fingerprint density at radius 2 is 1.23 bits per heavy atom. The second-order valence-electron chi connectivity index (χ2n) is 6.75. The van der Waals surface area contributed by atoms with Crippen molar-refractivity contribution in [3.8, 4) is 0 Å². The van der Waals surface area contributed by atoms with Crippen LogP contribution in [0, 0.1) is 6.92 Å². The molecule has 1 unspecified atom stereocenters. The van der Waals surface area contributed by atoms with Crippen molar-refractivity contribution in [2.24, 2.45) is 0 Å². The first-order chi connectivity index (χ1) is 12.6. The smallest absolute Gasteiger partial charge is 0.310 e. The molecule has 0 saturated carbocycles. The number of carbonyl (C=O) groups is 1. The van der Waals surface area contributed by atoms with Crippen molar-refractivity contribution in [3.63, 3.8) is 0 Å². The molecule has 0 aliphatic rings. The van der Waals surface area contributed by atoms with E-state index in [-0.39, 0.29) is 5.92 Å². The van der Waals surface area contributed by atoms with Gasteiger partial charge in [0.05, 0.1) is 5.92 Å². The van der Waals surface area contributed by atoms with E-state index in [1.807, 2.05) is 67.6 Å². The van der Waals surface area contributed by atoms with Gasteiger partial charge in [-0.1, -0.05) is 90.5 Å². The van der Waals surface area contributed by atoms with Gasteiger partial charge < -0.3 is 5.11 Å². The van der Waals surface area contributed by atoms with Gasteiger partial charge in [-0.2, -0.15) is 0 Å². The average Bonchev–Trinajstić information content (AvgIpc) is 2.67. The van der Waals surface area contributed by atoms with Crippen molar-refractivity contribution in [1.82, 2.24) is 0 Å². The Balaban J connectivity index is 1.84. The Hall–Kier alpha value is -2.87. The maximum Gasteiger partial charge on any atom is 0.310 e. The van der Waals surface area contributed by atoms with Gasteiger partial charge in [0, 0.05) is 5.92 Å². The molecule has 0 saturated heterocycles. The molecule has 0 amide bonds. The summed E-state index contributed by atoms with van der Waals surface area (Å²) in [6, 6.07) is 28.5. The Labute approximate surface area is 155 Å². The van der Waals surface area contributed by atoms with Gasteiger partial charge in [-0.3, -0.25) is 4.79 Å². The van der Waals surface area contributed by atoms with Crippen LogP contribution in [0.2, 0.25) is 0 Å². The van der Waals surface area contributed by atoms with E-state index in [9.17, 15) is 9.90 Å². The van der Waals surface area contributed by atoms with E-state index in [2.05, 4.69) is 24.3 Å². The third-order valence-corrected chi connectivity index (χ3v) is 4.93. The van der Waals surface area contributed by atoms with Crippen LogP contribution in [-0.2, 0) is 4.79 Å². The summed E-state index contributed by atoms with van der Waals surface area (Å²) in [6.45, 7) is 2.01. The van der Waals surface area contributed by atoms with Gasteiger partial charge in [0.25, 0.3) is 0 Å². The number of carboxylic acid groups (broad SMARTS) is 1. The summed E-state index contributed by atoms with van der Waals surface area (Å²) in [5.74, 6) is -1.04. The molecule has 2 nitrogen and oxygen atoms in total. The maximum absolute atomic E-state index is 11.9. The van der Waals surface area contributed by atoms with Gasteiger partial charge in [-0.25, -0.2) is 0 Å². The van der Waals surface area contributed by atoms with Crippen LogP contribution in [0.4, 0.5) is 0 Å². The second kappa shape index (κ2) is 8.48. The molecule has 26 heavy (non-hydrogen) atoms. The molecular weight excluding hydrogens is 320 g/mol. The molecule has 0 aliphatic heterocycles. The van der Waals surface area contributed by atoms with Gasteiger partial charge in [0.15, 0.2) is 0 Å². The molecule has 0 aromatic heterocycles. The summed E-state index contributed by atoms with van der Waals surface area (Å²) in [6.07, 6.45) is 1.39. The van der Waals surface area contributed by atoms with E-state index in [0.717, 1.165) is 17.5 Å². The third kappa shape index (κ3) is 4.40. The van der Waals surface area contributed by atoms with E-state index >= 15 is 0 Å². The van der Waals surface area contributed by atoms with Gasteiger partial charge in [0.1, 0.15) is 0 Å². The zero-order valence-corrected chi connectivity index (χ0v) is 15.0. The number of rotatable bonds is 7. The minimum atomic E-state index is -0.756. The molecule has 2 heteroatoms. The van der Waals surface area contributed by atoms with E-state index in [0.29, 0.717) is 6.42 Å². The molecule has 3 rings (SSSR count). The highest BCUT2D eigenvalue weighted by molar-refractivity contribution is 5.76. The zero-order chi connectivity index (χ0) is 18.4. The van der Waals surface area contributed by atoms with E-state index in [4.69, 9.17) is 0 Å². The normalized spacial score (nSPS) is 12.1. The molecule has 0 spiro atoms. The Morgan fingerprint density at radius 1 is 0.731 bits per heavy atom. The lowest BCUT2D eigenvalue weighted by molar-refractivity contribution is -0.139. The van der Waals surface area contributed by atoms with Gasteiger partial charge in [-0.05, 0) is 36.5 Å². The lowest BCUT2D eigenvalue weighted by Gasteiger charge is -2.21. The van der Waals surface area contributed by atoms with Crippen molar-refractivity contribution in [1.29, 1.82) is 0 Å². The van der Waals surface area contributed by atoms with Crippen LogP contribution in [0.1, 0.15) is 46.9 Å². The highest BCUT2D eigenvalue weighted by atomic mass is 16.4. The molecule has 0 aliphatic carbocycles. The zero-order valence-electron chi connectivity index (χ0n) is 15.0. The first-order valence-electron chi connectivity index (χ1n) is 9.04. The fourth-order valence-corrected chi connectivity index (χ4v) is 3.46. The van der Waals surface area contributed by atoms with Crippen LogP contribution in [0.25, 0.3) is 0 Å². The summed E-state index contributed by atoms with van der Waals surface area (Å²) >= 11 is 0. The summed E-state index contributed by atoms with van der Waals surface area (Å²) in [5, 5.41) is 9.75. The van der Waals surface area contributed by atoms with E-state index in [1.165, 1.54) is 11.1 Å². The summed E-state index contributed by atoms with van der Waals surface area (Å²) in [5.41, 5.74) is 4.48. The first-order valence-corrected chi connectivity index (χ1v) is 9.04. The van der Waals surface area contributed by atoms with Gasteiger partial charge >= 0.3 is 5.97 Å². The highest BCUT2D eigenvalue weighted by Crippen LogP contribution is 2.33. The van der Waals surface area contributed by atoms with Crippen LogP contribution in [0.3, 0.4) is 0 Å². The lowest BCUT2D eigenvalue weighted by Crippen LogP contribution is -2.13. The second-order valence-corrected chi connectivity index (χ2v) is 6.75. The fraction of sp³-hybridized carbons (Fsp3) is 0.208. The van der Waals surface area contributed by atoms with Crippen molar-refractivity contribution < 1.29 is 9.90 Å². The minimum absolute atomic E-state index is 0.199. The van der Waals surface area contributed by atoms with Gasteiger partial charge in [-0.15, -0.1) is 0 Å². The average molecular weight is 344 g/mol. The number of aliphatic carboxylic acids is 1. The number of hydrogen-bond acceptors (Lipinski definition) is 1. The molecule has 1 N–H and O–H groups in total. The van der Waals surface area contributed by atoms with E-state index < -0.39 is 11.9 Å². The number of aryl methyl sites for hydroxylation is 1. The minimum Gasteiger partial charge on any atom is -0.481 e. The van der Waals surface area contributed by atoms with Crippen LogP contribution in [0.5, 0.6) is 0 Å². The number of hydrogen-bond donors (Lipinski definition) is 1. The summed E-state index contributed by atoms with van der Waals surface area (Å²) < 4.78 is 0. The first kappa shape index (κ1) is 17.9. The molecule has 3 aromatic rings. The lowest BCUT2D eigenvalue weighted by atomic mass is 9.83. The molecule has 132 valence electrons. The maximum atomic E-state index is 11.9. The van der Waals surface area contributed by atoms with Crippen LogP contribution < -0.4 is 0 Å². The molecule has 0 fully saturated rings. The van der Waals surface area contributed by atoms with Crippen molar-refractivity contribution in [2.45, 2.75) is 31.6 Å². The Morgan fingerprint density at radius 3 is 1.69 bits per heavy atom. The molecule has 3 aromatic carbocycles. The largest absolute Gasteiger partial charge is 0.481 e. The summed E-state index contributed by atoms with van der Waals surface area (Å²) in [4.78, 5) is 11.9. The van der Waals surface area contributed by atoms with Crippen LogP contribution >= 0.6 is 0 Å². The molecular formula is C24H24O2. The van der Waals surface area contributed by atoms with Crippen LogP contribution in [-0.4, -0.2) is 11.1 Å². The highest BCUT2D eigenvalue weighted by Gasteiger charge is 2.23. The summed E-state index contributed by atoms with van der Waals surface area (Å²) in [7, 11) is 0. The van der Waals surface area contributed by atoms with Gasteiger partial charge in [0.2, 0.25) is 0 Å². The van der Waals surface area contributed by atoms with Crippen LogP contribution in [0.15, 0.2) is 84.9 Å². The Kier molecular flexibility index (Phi) is 5.85. The molecule has 0 radical (unpaired) electrons. The number of carboxylic acids is 1. The Bertz CT molecular complexity index is 784. The van der Waals surface area contributed by atoms with Crippen molar-refractivity contribution in [3.05, 3.63) is 107 Å². The quantitative estimate of drug-likeness (QED) is 0.590. The molecule has 1 atom stereocenters. The molecule has 0 heterocycles. The monoisotopic (exact) mass is 344 g/mol. The fourth-order valence-electron chi connectivity index (χ4n) is 3.46. The predicted molar refractivity (Wildman–Crippen MR) is 106 cm³/mol. The predicted octanol–water partition coefficient (Wildman–Crippen LogP) is 5.78. The topological polar surface area (TPSA) is 37.3 Å². The number of benzene rings is 3. The van der Waals surface area contributed by atoms with Crippen molar-refractivity contribution >= 4 is 5.97 Å². The van der Waals surface area contributed by atoms with E-state index in [1.54, 1.807) is 0 Å². The van der Waals surface area contributed by atoms with Crippen molar-refractivity contribution in [2.75, 3.05) is 0 Å². The SMILES string of the molecule is Cc1ccc(C(CCC(c2ccccc2)c2ccccc2)C(=O)O)cc1. The molecule has 0 bridgehead atoms. The third-order valence-electron chi connectivity index (χ3n) is 4.93.